The van der Waals surface area contributed by atoms with Crippen LogP contribution < -0.4 is 11.1 Å². The SMILES string of the molecule is Cc1ccc([C@H](COC(N)=O)NC(=O)c2cnc3c(c2)CN(C[C@H]2CC[C@H](C(F)(F)F)CC2)[C@H]3C(C)C)nc1. The molecule has 0 bridgehead atoms. The smallest absolute Gasteiger partial charge is 0.404 e. The number of nitrogens with zero attached hydrogens (tertiary/aromatic N) is 3. The van der Waals surface area contributed by atoms with Crippen LogP contribution in [0, 0.1) is 24.7 Å². The minimum absolute atomic E-state index is 0.0333. The predicted octanol–water partition coefficient (Wildman–Crippen LogP) is 5.23. The molecule has 0 aromatic carbocycles. The van der Waals surface area contributed by atoms with Crippen molar-refractivity contribution in [1.29, 1.82) is 0 Å². The van der Waals surface area contributed by atoms with Gasteiger partial charge in [0.1, 0.15) is 12.6 Å². The number of hydrogen-bond donors (Lipinski definition) is 2. The Morgan fingerprint density at radius 1 is 1.15 bits per heavy atom. The Morgan fingerprint density at radius 3 is 2.46 bits per heavy atom. The lowest BCUT2D eigenvalue weighted by molar-refractivity contribution is -0.184. The third-order valence-electron chi connectivity index (χ3n) is 7.73. The molecule has 2 aromatic rings. The van der Waals surface area contributed by atoms with E-state index in [0.717, 1.165) is 16.8 Å². The van der Waals surface area contributed by atoms with E-state index in [1.165, 1.54) is 6.20 Å². The summed E-state index contributed by atoms with van der Waals surface area (Å²) in [5.74, 6) is -1.14. The van der Waals surface area contributed by atoms with Gasteiger partial charge in [-0.2, -0.15) is 13.2 Å². The molecule has 2 aliphatic rings. The van der Waals surface area contributed by atoms with Gasteiger partial charge >= 0.3 is 12.3 Å². The van der Waals surface area contributed by atoms with Gasteiger partial charge in [-0.05, 0) is 67.7 Å². The topological polar surface area (TPSA) is 110 Å². The lowest BCUT2D eigenvalue weighted by atomic mass is 9.81. The van der Waals surface area contributed by atoms with E-state index in [9.17, 15) is 22.8 Å². The van der Waals surface area contributed by atoms with Gasteiger partial charge < -0.3 is 15.8 Å². The third-order valence-corrected chi connectivity index (χ3v) is 7.73. The second-order valence-corrected chi connectivity index (χ2v) is 11.1. The molecule has 0 radical (unpaired) electrons. The molecule has 39 heavy (non-hydrogen) atoms. The quantitative estimate of drug-likeness (QED) is 0.468. The summed E-state index contributed by atoms with van der Waals surface area (Å²) >= 11 is 0. The highest BCUT2D eigenvalue weighted by Gasteiger charge is 2.42. The zero-order chi connectivity index (χ0) is 28.3. The number of hydrogen-bond acceptors (Lipinski definition) is 6. The van der Waals surface area contributed by atoms with Gasteiger partial charge in [0.2, 0.25) is 0 Å². The average molecular weight is 548 g/mol. The molecule has 1 aliphatic heterocycles. The summed E-state index contributed by atoms with van der Waals surface area (Å²) in [7, 11) is 0. The molecule has 3 N–H and O–H groups in total. The lowest BCUT2D eigenvalue weighted by Gasteiger charge is -2.35. The van der Waals surface area contributed by atoms with Gasteiger partial charge in [-0.15, -0.1) is 0 Å². The number of nitrogens with two attached hydrogens (primary N) is 1. The number of aromatic nitrogens is 2. The number of ether oxygens (including phenoxy) is 1. The van der Waals surface area contributed by atoms with Crippen LogP contribution in [0.2, 0.25) is 0 Å². The summed E-state index contributed by atoms with van der Waals surface area (Å²) in [6.07, 6.45) is -0.387. The summed E-state index contributed by atoms with van der Waals surface area (Å²) < 4.78 is 44.3. The molecule has 2 amide bonds. The molecule has 2 atom stereocenters. The Bertz CT molecular complexity index is 1160. The Kier molecular flexibility index (Phi) is 8.78. The van der Waals surface area contributed by atoms with Crippen LogP contribution in [0.3, 0.4) is 0 Å². The largest absolute Gasteiger partial charge is 0.447 e. The number of nitrogens with one attached hydrogen (secondary N) is 1. The van der Waals surface area contributed by atoms with E-state index in [-0.39, 0.29) is 37.3 Å². The molecule has 0 unspecified atom stereocenters. The number of primary amides is 1. The average Bonchev–Trinajstić information content (AvgIpc) is 3.24. The van der Waals surface area contributed by atoms with Gasteiger partial charge in [0.25, 0.3) is 5.91 Å². The fourth-order valence-electron chi connectivity index (χ4n) is 5.74. The molecule has 0 spiro atoms. The molecule has 212 valence electrons. The van der Waals surface area contributed by atoms with Crippen molar-refractivity contribution in [2.24, 2.45) is 23.5 Å². The fraction of sp³-hybridized carbons (Fsp3) is 0.571. The third kappa shape index (κ3) is 7.06. The Hall–Kier alpha value is -3.21. The highest BCUT2D eigenvalue weighted by molar-refractivity contribution is 5.94. The molecule has 3 heterocycles. The summed E-state index contributed by atoms with van der Waals surface area (Å²) in [4.78, 5) is 35.7. The molecule has 1 aliphatic carbocycles. The van der Waals surface area contributed by atoms with Gasteiger partial charge in [-0.1, -0.05) is 19.9 Å². The number of amides is 2. The highest BCUT2D eigenvalue weighted by atomic mass is 19.4. The zero-order valence-electron chi connectivity index (χ0n) is 22.5. The fourth-order valence-corrected chi connectivity index (χ4v) is 5.74. The van der Waals surface area contributed by atoms with Gasteiger partial charge in [-0.3, -0.25) is 19.7 Å². The maximum absolute atomic E-state index is 13.2. The molecule has 0 saturated heterocycles. The minimum atomic E-state index is -4.11. The van der Waals surface area contributed by atoms with Crippen molar-refractivity contribution >= 4 is 12.0 Å². The van der Waals surface area contributed by atoms with Crippen LogP contribution in [0.4, 0.5) is 18.0 Å². The molecular weight excluding hydrogens is 511 g/mol. The van der Waals surface area contributed by atoms with E-state index in [1.54, 1.807) is 12.3 Å². The Balaban J connectivity index is 1.46. The number of alkyl halides is 3. The van der Waals surface area contributed by atoms with Crippen molar-refractivity contribution in [2.75, 3.05) is 13.2 Å². The zero-order valence-corrected chi connectivity index (χ0v) is 22.5. The van der Waals surface area contributed by atoms with Crippen LogP contribution in [0.1, 0.15) is 84.5 Å². The molecule has 1 saturated carbocycles. The molecule has 11 heteroatoms. The summed E-state index contributed by atoms with van der Waals surface area (Å²) in [5.41, 5.74) is 8.80. The van der Waals surface area contributed by atoms with Crippen molar-refractivity contribution in [1.82, 2.24) is 20.2 Å². The first kappa shape index (κ1) is 28.8. The second-order valence-electron chi connectivity index (χ2n) is 11.1. The molecular formula is C28H36F3N5O3. The predicted molar refractivity (Wildman–Crippen MR) is 138 cm³/mol. The van der Waals surface area contributed by atoms with Crippen LogP contribution in [-0.2, 0) is 11.3 Å². The second kappa shape index (κ2) is 11.9. The Morgan fingerprint density at radius 2 is 1.87 bits per heavy atom. The van der Waals surface area contributed by atoms with E-state index < -0.39 is 30.1 Å². The number of rotatable bonds is 8. The summed E-state index contributed by atoms with van der Waals surface area (Å²) in [5, 5.41) is 2.86. The molecule has 2 aromatic heterocycles. The van der Waals surface area contributed by atoms with Gasteiger partial charge in [0.15, 0.2) is 0 Å². The molecule has 8 nitrogen and oxygen atoms in total. The summed E-state index contributed by atoms with van der Waals surface area (Å²) in [6.45, 7) is 7.22. The van der Waals surface area contributed by atoms with E-state index in [4.69, 9.17) is 10.5 Å². The van der Waals surface area contributed by atoms with E-state index >= 15 is 0 Å². The first-order valence-corrected chi connectivity index (χ1v) is 13.4. The monoisotopic (exact) mass is 547 g/mol. The normalized spacial score (nSPS) is 22.4. The van der Waals surface area contributed by atoms with Crippen molar-refractivity contribution in [2.45, 2.75) is 71.3 Å². The van der Waals surface area contributed by atoms with Crippen LogP contribution in [-0.4, -0.2) is 46.2 Å². The van der Waals surface area contributed by atoms with Crippen LogP contribution in [0.5, 0.6) is 0 Å². The van der Waals surface area contributed by atoms with Crippen molar-refractivity contribution in [3.63, 3.8) is 0 Å². The van der Waals surface area contributed by atoms with Crippen molar-refractivity contribution in [3.8, 4) is 0 Å². The van der Waals surface area contributed by atoms with E-state index in [2.05, 4.69) is 34.0 Å². The number of fused-ring (bicyclic) bond motifs is 1. The number of carbonyl (C=O) groups is 2. The number of halogens is 3. The number of pyridine rings is 2. The maximum Gasteiger partial charge on any atom is 0.404 e. The van der Waals surface area contributed by atoms with E-state index in [1.807, 2.05) is 19.1 Å². The van der Waals surface area contributed by atoms with E-state index in [0.29, 0.717) is 37.2 Å². The first-order valence-electron chi connectivity index (χ1n) is 13.4. The van der Waals surface area contributed by atoms with Gasteiger partial charge in [0, 0.05) is 25.5 Å². The van der Waals surface area contributed by atoms with Crippen LogP contribution in [0.25, 0.3) is 0 Å². The highest BCUT2D eigenvalue weighted by Crippen LogP contribution is 2.43. The standard InChI is InChI=1S/C28H36F3N5O3/c1-16(2)25-24-20(14-36(25)13-18-5-7-21(8-6-18)28(29,30)31)10-19(12-34-24)26(37)35-23(15-39-27(32)38)22-9-4-17(3)11-33-22/h4,9-12,16,18,21,23,25H,5-8,13-15H2,1-3H3,(H2,32,38)(H,35,37)/t18-,21-,23-,25-/m0/s1. The van der Waals surface area contributed by atoms with Crippen LogP contribution >= 0.6 is 0 Å². The number of carbonyl (C=O) groups excluding carboxylic acids is 2. The maximum atomic E-state index is 13.2. The molecule has 4 rings (SSSR count). The lowest BCUT2D eigenvalue weighted by Crippen LogP contribution is -2.35. The summed E-state index contributed by atoms with van der Waals surface area (Å²) in [6, 6.07) is 4.75. The molecule has 1 fully saturated rings. The van der Waals surface area contributed by atoms with Crippen molar-refractivity contribution < 1.29 is 27.5 Å². The first-order chi connectivity index (χ1) is 18.4. The van der Waals surface area contributed by atoms with Gasteiger partial charge in [-0.25, -0.2) is 4.79 Å². The minimum Gasteiger partial charge on any atom is -0.447 e. The Labute approximate surface area is 226 Å². The van der Waals surface area contributed by atoms with Crippen molar-refractivity contribution in [3.05, 3.63) is 58.7 Å². The van der Waals surface area contributed by atoms with Crippen LogP contribution in [0.15, 0.2) is 30.6 Å². The van der Waals surface area contributed by atoms with Gasteiger partial charge in [0.05, 0.1) is 28.9 Å². The number of aryl methyl sites for hydroxylation is 1.